The highest BCUT2D eigenvalue weighted by atomic mass is 35.5. The summed E-state index contributed by atoms with van der Waals surface area (Å²) in [4.78, 5) is 13.4. The van der Waals surface area contributed by atoms with Crippen molar-refractivity contribution in [2.24, 2.45) is 0 Å². The average Bonchev–Trinajstić information content (AvgIpc) is 3.11. The van der Waals surface area contributed by atoms with Gasteiger partial charge in [-0.25, -0.2) is 0 Å². The van der Waals surface area contributed by atoms with Crippen LogP contribution in [0.15, 0.2) is 66.7 Å². The summed E-state index contributed by atoms with van der Waals surface area (Å²) in [6, 6.07) is 21.1. The van der Waals surface area contributed by atoms with E-state index in [1.165, 1.54) is 4.68 Å². The minimum atomic E-state index is -0.255. The van der Waals surface area contributed by atoms with Crippen LogP contribution in [0.4, 0.5) is 0 Å². The molecule has 0 aliphatic carbocycles. The molecule has 1 heterocycles. The summed E-state index contributed by atoms with van der Waals surface area (Å²) >= 11 is 6.12. The van der Waals surface area contributed by atoms with Gasteiger partial charge in [0.15, 0.2) is 0 Å². The second kappa shape index (κ2) is 7.41. The molecule has 4 rings (SSSR count). The number of benzene rings is 3. The van der Waals surface area contributed by atoms with E-state index >= 15 is 0 Å². The van der Waals surface area contributed by atoms with Crippen molar-refractivity contribution in [3.05, 3.63) is 94.0 Å². The number of hydrogen-bond donors (Lipinski definition) is 0. The molecule has 0 aliphatic rings. The maximum Gasteiger partial charge on any atom is 0.280 e. The Morgan fingerprint density at radius 2 is 1.57 bits per heavy atom. The molecule has 0 aliphatic heterocycles. The number of nitrogens with zero attached hydrogens (tertiary/aromatic N) is 3. The molecule has 0 spiro atoms. The van der Waals surface area contributed by atoms with E-state index in [0.29, 0.717) is 21.6 Å². The Kier molecular flexibility index (Phi) is 4.80. The van der Waals surface area contributed by atoms with Crippen molar-refractivity contribution in [3.8, 4) is 0 Å². The Hall–Kier alpha value is -3.24. The van der Waals surface area contributed by atoms with E-state index in [4.69, 9.17) is 11.6 Å². The molecule has 4 aromatic rings. The van der Waals surface area contributed by atoms with Gasteiger partial charge in [-0.3, -0.25) is 4.79 Å². The van der Waals surface area contributed by atoms with Crippen LogP contribution in [0, 0.1) is 13.8 Å². The molecule has 5 heteroatoms. The van der Waals surface area contributed by atoms with Gasteiger partial charge in [-0.2, -0.15) is 4.68 Å². The normalized spacial score (nSPS) is 11.8. The number of carbonyl (C=O) groups is 1. The number of fused-ring (bicyclic) bond motifs is 1. The Morgan fingerprint density at radius 3 is 2.25 bits per heavy atom. The number of aromatic nitrogens is 3. The predicted molar refractivity (Wildman–Crippen MR) is 113 cm³/mol. The molecular weight excluding hydrogens is 370 g/mol. The van der Waals surface area contributed by atoms with Gasteiger partial charge >= 0.3 is 0 Å². The molecule has 0 saturated heterocycles. The summed E-state index contributed by atoms with van der Waals surface area (Å²) in [7, 11) is 0. The van der Waals surface area contributed by atoms with E-state index in [9.17, 15) is 4.79 Å². The number of rotatable bonds is 3. The van der Waals surface area contributed by atoms with Crippen LogP contribution in [0.1, 0.15) is 27.0 Å². The maximum absolute atomic E-state index is 13.4. The largest absolute Gasteiger partial charge is 0.280 e. The number of carbonyl (C=O) groups excluding carboxylic acids is 1. The van der Waals surface area contributed by atoms with Gasteiger partial charge in [0.1, 0.15) is 5.52 Å². The van der Waals surface area contributed by atoms with Crippen LogP contribution in [0.3, 0.4) is 0 Å². The fourth-order valence-electron chi connectivity index (χ4n) is 2.99. The van der Waals surface area contributed by atoms with Crippen LogP contribution in [-0.2, 0) is 0 Å². The number of allylic oxidation sites excluding steroid dienone is 1. The van der Waals surface area contributed by atoms with Gasteiger partial charge in [0.05, 0.1) is 5.52 Å². The van der Waals surface area contributed by atoms with Crippen molar-refractivity contribution in [2.45, 2.75) is 13.8 Å². The van der Waals surface area contributed by atoms with Crippen molar-refractivity contribution < 1.29 is 4.79 Å². The van der Waals surface area contributed by atoms with Crippen LogP contribution >= 0.6 is 11.6 Å². The van der Waals surface area contributed by atoms with E-state index in [1.54, 1.807) is 18.2 Å². The minimum absolute atomic E-state index is 0.255. The molecule has 0 bridgehead atoms. The quantitative estimate of drug-likeness (QED) is 0.340. The monoisotopic (exact) mass is 387 g/mol. The highest BCUT2D eigenvalue weighted by Gasteiger charge is 2.19. The topological polar surface area (TPSA) is 47.8 Å². The molecule has 0 radical (unpaired) electrons. The fourth-order valence-corrected chi connectivity index (χ4v) is 3.15. The van der Waals surface area contributed by atoms with Gasteiger partial charge in [0, 0.05) is 10.6 Å². The maximum atomic E-state index is 13.4. The standard InChI is InChI=1S/C23H18ClN3O/c1-15-3-7-17(8-4-15)13-20(18-9-5-16(2)6-10-18)23(28)27-22-14-19(24)11-12-21(22)25-26-27/h3-14H,1-2H3/b20-13+. The van der Waals surface area contributed by atoms with Crippen molar-refractivity contribution in [1.29, 1.82) is 0 Å². The van der Waals surface area contributed by atoms with Crippen molar-refractivity contribution in [3.63, 3.8) is 0 Å². The fraction of sp³-hybridized carbons (Fsp3) is 0.0870. The van der Waals surface area contributed by atoms with E-state index in [0.717, 1.165) is 22.3 Å². The third kappa shape index (κ3) is 3.59. The molecule has 0 saturated carbocycles. The molecular formula is C23H18ClN3O. The Balaban J connectivity index is 1.86. The average molecular weight is 388 g/mol. The lowest BCUT2D eigenvalue weighted by molar-refractivity contribution is 0.0969. The molecule has 0 atom stereocenters. The first kappa shape index (κ1) is 18.1. The number of aryl methyl sites for hydroxylation is 2. The Labute approximate surface area is 168 Å². The molecule has 138 valence electrons. The van der Waals surface area contributed by atoms with Crippen LogP contribution < -0.4 is 0 Å². The third-order valence-electron chi connectivity index (χ3n) is 4.58. The van der Waals surface area contributed by atoms with Gasteiger partial charge in [-0.1, -0.05) is 76.5 Å². The van der Waals surface area contributed by atoms with Gasteiger partial charge < -0.3 is 0 Å². The van der Waals surface area contributed by atoms with Crippen molar-refractivity contribution >= 4 is 40.2 Å². The van der Waals surface area contributed by atoms with Crippen LogP contribution in [-0.4, -0.2) is 20.9 Å². The lowest BCUT2D eigenvalue weighted by Crippen LogP contribution is -2.14. The summed E-state index contributed by atoms with van der Waals surface area (Å²) in [6.45, 7) is 4.05. The summed E-state index contributed by atoms with van der Waals surface area (Å²) in [5.74, 6) is -0.255. The zero-order valence-corrected chi connectivity index (χ0v) is 16.3. The van der Waals surface area contributed by atoms with Crippen LogP contribution in [0.2, 0.25) is 5.02 Å². The first-order valence-corrected chi connectivity index (χ1v) is 9.30. The van der Waals surface area contributed by atoms with Gasteiger partial charge in [0.2, 0.25) is 0 Å². The SMILES string of the molecule is Cc1ccc(/C=C(/C(=O)n2nnc3ccc(Cl)cc32)c2ccc(C)cc2)cc1. The van der Waals surface area contributed by atoms with Gasteiger partial charge in [-0.05, 0) is 49.2 Å². The molecule has 3 aromatic carbocycles. The molecule has 0 unspecified atom stereocenters. The van der Waals surface area contributed by atoms with E-state index in [2.05, 4.69) is 10.3 Å². The first-order chi connectivity index (χ1) is 13.5. The van der Waals surface area contributed by atoms with Crippen LogP contribution in [0.25, 0.3) is 22.7 Å². The molecule has 0 fully saturated rings. The Morgan fingerprint density at radius 1 is 0.929 bits per heavy atom. The zero-order valence-electron chi connectivity index (χ0n) is 15.6. The Bertz CT molecular complexity index is 1190. The predicted octanol–water partition coefficient (Wildman–Crippen LogP) is 5.58. The lowest BCUT2D eigenvalue weighted by Gasteiger charge is -2.09. The first-order valence-electron chi connectivity index (χ1n) is 8.92. The number of hydrogen-bond acceptors (Lipinski definition) is 3. The zero-order chi connectivity index (χ0) is 19.7. The summed E-state index contributed by atoms with van der Waals surface area (Å²) in [5.41, 5.74) is 5.80. The van der Waals surface area contributed by atoms with Gasteiger partial charge in [0.25, 0.3) is 5.91 Å². The van der Waals surface area contributed by atoms with E-state index < -0.39 is 0 Å². The molecule has 0 amide bonds. The van der Waals surface area contributed by atoms with Crippen molar-refractivity contribution in [2.75, 3.05) is 0 Å². The molecule has 1 aromatic heterocycles. The van der Waals surface area contributed by atoms with Crippen LogP contribution in [0.5, 0.6) is 0 Å². The highest BCUT2D eigenvalue weighted by Crippen LogP contribution is 2.24. The van der Waals surface area contributed by atoms with E-state index in [-0.39, 0.29) is 5.91 Å². The summed E-state index contributed by atoms with van der Waals surface area (Å²) < 4.78 is 1.31. The lowest BCUT2D eigenvalue weighted by atomic mass is 10.0. The minimum Gasteiger partial charge on any atom is -0.267 e. The van der Waals surface area contributed by atoms with Gasteiger partial charge in [-0.15, -0.1) is 5.10 Å². The molecule has 0 N–H and O–H groups in total. The van der Waals surface area contributed by atoms with E-state index in [1.807, 2.05) is 68.5 Å². The summed E-state index contributed by atoms with van der Waals surface area (Å²) in [5, 5.41) is 8.70. The summed E-state index contributed by atoms with van der Waals surface area (Å²) in [6.07, 6.45) is 1.88. The van der Waals surface area contributed by atoms with Crippen molar-refractivity contribution in [1.82, 2.24) is 15.0 Å². The number of halogens is 1. The second-order valence-corrected chi connectivity index (χ2v) is 7.21. The smallest absolute Gasteiger partial charge is 0.267 e. The second-order valence-electron chi connectivity index (χ2n) is 6.77. The molecule has 4 nitrogen and oxygen atoms in total. The highest BCUT2D eigenvalue weighted by molar-refractivity contribution is 6.31. The third-order valence-corrected chi connectivity index (χ3v) is 4.82. The molecule has 28 heavy (non-hydrogen) atoms.